The second-order valence-electron chi connectivity index (χ2n) is 10.2. The first-order valence-corrected chi connectivity index (χ1v) is 13.8. The summed E-state index contributed by atoms with van der Waals surface area (Å²) in [5.41, 5.74) is 2.24. The van der Waals surface area contributed by atoms with Gasteiger partial charge in [-0.25, -0.2) is 8.42 Å². The lowest BCUT2D eigenvalue weighted by molar-refractivity contribution is -0.140. The lowest BCUT2D eigenvalue weighted by Gasteiger charge is -2.33. The van der Waals surface area contributed by atoms with Gasteiger partial charge in [0.1, 0.15) is 12.6 Å². The first kappa shape index (κ1) is 28.4. The van der Waals surface area contributed by atoms with Crippen LogP contribution in [0.15, 0.2) is 54.6 Å². The third-order valence-corrected chi connectivity index (χ3v) is 6.85. The van der Waals surface area contributed by atoms with Gasteiger partial charge in [0.15, 0.2) is 0 Å². The maximum Gasteiger partial charge on any atom is 0.244 e. The van der Waals surface area contributed by atoms with Crippen molar-refractivity contribution in [2.45, 2.75) is 72.0 Å². The molecule has 0 spiro atoms. The van der Waals surface area contributed by atoms with Crippen molar-refractivity contribution in [2.24, 2.45) is 0 Å². The van der Waals surface area contributed by atoms with E-state index >= 15 is 0 Å². The van der Waals surface area contributed by atoms with Crippen LogP contribution in [0.3, 0.4) is 0 Å². The summed E-state index contributed by atoms with van der Waals surface area (Å²) >= 11 is 0. The Morgan fingerprint density at radius 2 is 1.54 bits per heavy atom. The molecule has 1 atom stereocenters. The van der Waals surface area contributed by atoms with E-state index in [1.54, 1.807) is 12.1 Å². The molecule has 2 amide bonds. The van der Waals surface area contributed by atoms with Gasteiger partial charge in [-0.1, -0.05) is 70.2 Å². The Hall–Kier alpha value is -2.87. The number of carbonyl (C=O) groups excluding carboxylic acids is 2. The Morgan fingerprint density at radius 3 is 2.00 bits per heavy atom. The van der Waals surface area contributed by atoms with Crippen LogP contribution in [0.5, 0.6) is 0 Å². The highest BCUT2D eigenvalue weighted by molar-refractivity contribution is 7.92. The van der Waals surface area contributed by atoms with Crippen LogP contribution in [-0.4, -0.2) is 50.0 Å². The summed E-state index contributed by atoms with van der Waals surface area (Å²) in [7, 11) is -3.75. The summed E-state index contributed by atoms with van der Waals surface area (Å²) in [5.74, 6) is -0.697. The number of nitrogens with one attached hydrogen (secondary N) is 1. The van der Waals surface area contributed by atoms with Crippen LogP contribution in [0.25, 0.3) is 0 Å². The monoisotopic (exact) mass is 501 g/mol. The highest BCUT2D eigenvalue weighted by atomic mass is 32.2. The standard InChI is InChI=1S/C27H39N3O4S/c1-8-24(26(32)28-20(2)3)29(18-21-12-10-9-11-13-21)25(31)19-30(35(7,33)34)23-16-14-22(15-17-23)27(4,5)6/h9-17,20,24H,8,18-19H2,1-7H3,(H,28,32)/t24-/m1/s1. The van der Waals surface area contributed by atoms with E-state index in [1.165, 1.54) is 4.90 Å². The number of sulfonamides is 1. The molecule has 0 saturated carbocycles. The number of hydrogen-bond acceptors (Lipinski definition) is 4. The van der Waals surface area contributed by atoms with E-state index in [9.17, 15) is 18.0 Å². The molecule has 0 heterocycles. The van der Waals surface area contributed by atoms with Crippen molar-refractivity contribution in [3.63, 3.8) is 0 Å². The van der Waals surface area contributed by atoms with E-state index < -0.39 is 28.5 Å². The van der Waals surface area contributed by atoms with Crippen LogP contribution in [-0.2, 0) is 31.6 Å². The topological polar surface area (TPSA) is 86.8 Å². The average Bonchev–Trinajstić information content (AvgIpc) is 2.76. The molecule has 8 heteroatoms. The van der Waals surface area contributed by atoms with Gasteiger partial charge >= 0.3 is 0 Å². The fourth-order valence-corrected chi connectivity index (χ4v) is 4.67. The molecule has 192 valence electrons. The maximum atomic E-state index is 13.6. The molecule has 0 aliphatic heterocycles. The smallest absolute Gasteiger partial charge is 0.244 e. The Balaban J connectivity index is 2.42. The summed E-state index contributed by atoms with van der Waals surface area (Å²) in [6, 6.07) is 15.8. The predicted octanol–water partition coefficient (Wildman–Crippen LogP) is 4.08. The molecule has 7 nitrogen and oxygen atoms in total. The number of amides is 2. The zero-order valence-corrected chi connectivity index (χ0v) is 22.7. The second-order valence-corrected chi connectivity index (χ2v) is 12.1. The van der Waals surface area contributed by atoms with Crippen molar-refractivity contribution in [3.8, 4) is 0 Å². The predicted molar refractivity (Wildman–Crippen MR) is 142 cm³/mol. The maximum absolute atomic E-state index is 13.6. The molecule has 0 aliphatic rings. The van der Waals surface area contributed by atoms with E-state index in [2.05, 4.69) is 26.1 Å². The molecule has 0 saturated heterocycles. The summed E-state index contributed by atoms with van der Waals surface area (Å²) in [5, 5.41) is 2.89. The molecule has 2 aromatic rings. The van der Waals surface area contributed by atoms with E-state index in [4.69, 9.17) is 0 Å². The number of carbonyl (C=O) groups is 2. The van der Waals surface area contributed by atoms with Crippen molar-refractivity contribution in [2.75, 3.05) is 17.1 Å². The van der Waals surface area contributed by atoms with Crippen LogP contribution >= 0.6 is 0 Å². The molecule has 0 radical (unpaired) electrons. The Bertz CT molecular complexity index is 1090. The van der Waals surface area contributed by atoms with Gasteiger partial charge < -0.3 is 10.2 Å². The fraction of sp³-hybridized carbons (Fsp3) is 0.481. The highest BCUT2D eigenvalue weighted by Crippen LogP contribution is 2.26. The summed E-state index contributed by atoms with van der Waals surface area (Å²) < 4.78 is 26.6. The van der Waals surface area contributed by atoms with Crippen LogP contribution in [0, 0.1) is 0 Å². The molecular weight excluding hydrogens is 462 g/mol. The number of nitrogens with zero attached hydrogens (tertiary/aromatic N) is 2. The fourth-order valence-electron chi connectivity index (χ4n) is 3.82. The van der Waals surface area contributed by atoms with Crippen LogP contribution in [0.1, 0.15) is 59.1 Å². The largest absolute Gasteiger partial charge is 0.352 e. The molecule has 2 aromatic carbocycles. The minimum absolute atomic E-state index is 0.0842. The van der Waals surface area contributed by atoms with Crippen molar-refractivity contribution in [1.82, 2.24) is 10.2 Å². The van der Waals surface area contributed by atoms with E-state index in [0.717, 1.165) is 21.7 Å². The molecule has 0 unspecified atom stereocenters. The SMILES string of the molecule is CC[C@H](C(=O)NC(C)C)N(Cc1ccccc1)C(=O)CN(c1ccc(C(C)(C)C)cc1)S(C)(=O)=O. The van der Waals surface area contributed by atoms with E-state index in [1.807, 2.05) is 63.2 Å². The minimum Gasteiger partial charge on any atom is -0.352 e. The zero-order chi connectivity index (χ0) is 26.4. The van der Waals surface area contributed by atoms with Gasteiger partial charge in [0.25, 0.3) is 0 Å². The van der Waals surface area contributed by atoms with Crippen molar-refractivity contribution >= 4 is 27.5 Å². The molecule has 0 aromatic heterocycles. The van der Waals surface area contributed by atoms with Crippen molar-refractivity contribution < 1.29 is 18.0 Å². The Morgan fingerprint density at radius 1 is 0.971 bits per heavy atom. The zero-order valence-electron chi connectivity index (χ0n) is 21.9. The molecule has 2 rings (SSSR count). The van der Waals surface area contributed by atoms with Crippen LogP contribution < -0.4 is 9.62 Å². The van der Waals surface area contributed by atoms with Gasteiger partial charge in [-0.05, 0) is 48.9 Å². The number of rotatable bonds is 10. The second kappa shape index (κ2) is 11.7. The van der Waals surface area contributed by atoms with Gasteiger partial charge in [0.2, 0.25) is 21.8 Å². The number of anilines is 1. The lowest BCUT2D eigenvalue weighted by atomic mass is 9.87. The molecule has 0 fully saturated rings. The van der Waals surface area contributed by atoms with Crippen LogP contribution in [0.4, 0.5) is 5.69 Å². The molecular formula is C27H39N3O4S. The third kappa shape index (κ3) is 8.09. The van der Waals surface area contributed by atoms with E-state index in [-0.39, 0.29) is 23.9 Å². The number of benzene rings is 2. The minimum atomic E-state index is -3.75. The first-order valence-electron chi connectivity index (χ1n) is 12.0. The normalized spacial score (nSPS) is 12.8. The quantitative estimate of drug-likeness (QED) is 0.531. The van der Waals surface area contributed by atoms with Crippen molar-refractivity contribution in [1.29, 1.82) is 0 Å². The Kier molecular flexibility index (Phi) is 9.49. The van der Waals surface area contributed by atoms with Crippen molar-refractivity contribution in [3.05, 3.63) is 65.7 Å². The van der Waals surface area contributed by atoms with Gasteiger partial charge in [-0.2, -0.15) is 0 Å². The van der Waals surface area contributed by atoms with Crippen LogP contribution in [0.2, 0.25) is 0 Å². The molecule has 0 aliphatic carbocycles. The summed E-state index contributed by atoms with van der Waals surface area (Å²) in [6.07, 6.45) is 1.48. The van der Waals surface area contributed by atoms with Gasteiger partial charge in [0, 0.05) is 12.6 Å². The molecule has 35 heavy (non-hydrogen) atoms. The van der Waals surface area contributed by atoms with Gasteiger partial charge in [-0.3, -0.25) is 13.9 Å². The lowest BCUT2D eigenvalue weighted by Crippen LogP contribution is -2.53. The summed E-state index contributed by atoms with van der Waals surface area (Å²) in [6.45, 7) is 11.6. The number of hydrogen-bond donors (Lipinski definition) is 1. The highest BCUT2D eigenvalue weighted by Gasteiger charge is 2.32. The molecule has 0 bridgehead atoms. The first-order chi connectivity index (χ1) is 16.2. The van der Waals surface area contributed by atoms with Gasteiger partial charge in [-0.15, -0.1) is 0 Å². The van der Waals surface area contributed by atoms with E-state index in [0.29, 0.717) is 12.1 Å². The third-order valence-electron chi connectivity index (χ3n) is 5.71. The summed E-state index contributed by atoms with van der Waals surface area (Å²) in [4.78, 5) is 28.1. The Labute approximate surface area is 210 Å². The average molecular weight is 502 g/mol. The van der Waals surface area contributed by atoms with Gasteiger partial charge in [0.05, 0.1) is 11.9 Å². The molecule has 1 N–H and O–H groups in total.